The van der Waals surface area contributed by atoms with Gasteiger partial charge in [-0.25, -0.2) is 4.79 Å². The number of hydrogen-bond acceptors (Lipinski definition) is 5. The van der Waals surface area contributed by atoms with Gasteiger partial charge < -0.3 is 9.15 Å². The number of fused-ring (bicyclic) bond motifs is 1. The van der Waals surface area contributed by atoms with E-state index >= 15 is 0 Å². The van der Waals surface area contributed by atoms with E-state index < -0.39 is 23.5 Å². The summed E-state index contributed by atoms with van der Waals surface area (Å²) in [7, 11) is 0. The van der Waals surface area contributed by atoms with Gasteiger partial charge >= 0.3 is 5.63 Å². The third-order valence-electron chi connectivity index (χ3n) is 3.66. The van der Waals surface area contributed by atoms with Gasteiger partial charge in [-0.05, 0) is 37.3 Å². The molecule has 2 aromatic carbocycles. The van der Waals surface area contributed by atoms with Crippen molar-refractivity contribution in [2.75, 3.05) is 0 Å². The molecule has 3 rings (SSSR count). The Morgan fingerprint density at radius 3 is 2.63 bits per heavy atom. The zero-order valence-corrected chi connectivity index (χ0v) is 15.8. The van der Waals surface area contributed by atoms with E-state index in [-0.39, 0.29) is 5.56 Å². The highest BCUT2D eigenvalue weighted by atomic mass is 79.9. The minimum atomic E-state index is -0.868. The van der Waals surface area contributed by atoms with Crippen LogP contribution in [0, 0.1) is 0 Å². The first-order valence-electron chi connectivity index (χ1n) is 7.99. The highest BCUT2D eigenvalue weighted by molar-refractivity contribution is 9.10. The zero-order valence-electron chi connectivity index (χ0n) is 14.2. The molecule has 7 nitrogen and oxygen atoms in total. The summed E-state index contributed by atoms with van der Waals surface area (Å²) < 4.78 is 11.4. The molecule has 0 saturated heterocycles. The smallest absolute Gasteiger partial charge is 0.349 e. The van der Waals surface area contributed by atoms with Gasteiger partial charge in [0.1, 0.15) is 16.9 Å². The van der Waals surface area contributed by atoms with Crippen LogP contribution in [0.15, 0.2) is 68.3 Å². The van der Waals surface area contributed by atoms with Crippen LogP contribution in [0.25, 0.3) is 11.0 Å². The highest BCUT2D eigenvalue weighted by Gasteiger charge is 2.18. The van der Waals surface area contributed by atoms with Gasteiger partial charge in [0.25, 0.3) is 11.8 Å². The van der Waals surface area contributed by atoms with Crippen LogP contribution in [0.3, 0.4) is 0 Å². The van der Waals surface area contributed by atoms with Gasteiger partial charge in [0.15, 0.2) is 6.10 Å². The molecule has 0 bridgehead atoms. The maximum absolute atomic E-state index is 12.2. The van der Waals surface area contributed by atoms with Crippen LogP contribution in [-0.2, 0) is 4.79 Å². The maximum atomic E-state index is 12.2. The first-order chi connectivity index (χ1) is 12.9. The van der Waals surface area contributed by atoms with E-state index in [0.29, 0.717) is 16.7 Å². The average molecular weight is 431 g/mol. The molecule has 0 aliphatic carbocycles. The lowest BCUT2D eigenvalue weighted by Gasteiger charge is -2.15. The molecule has 0 saturated carbocycles. The summed E-state index contributed by atoms with van der Waals surface area (Å²) in [6, 6.07) is 15.2. The number of hydrazine groups is 1. The Kier molecular flexibility index (Phi) is 5.56. The molecule has 0 spiro atoms. The van der Waals surface area contributed by atoms with Crippen LogP contribution < -0.4 is 21.2 Å². The number of amides is 2. The Labute approximate surface area is 162 Å². The van der Waals surface area contributed by atoms with Crippen LogP contribution in [0.5, 0.6) is 5.75 Å². The Bertz CT molecular complexity index is 1060. The summed E-state index contributed by atoms with van der Waals surface area (Å²) in [4.78, 5) is 36.3. The topological polar surface area (TPSA) is 97.6 Å². The number of carbonyl (C=O) groups is 2. The summed E-state index contributed by atoms with van der Waals surface area (Å²) in [5.74, 6) is -0.862. The molecule has 0 fully saturated rings. The zero-order chi connectivity index (χ0) is 19.4. The number of para-hydroxylation sites is 1. The van der Waals surface area contributed by atoms with Gasteiger partial charge in [-0.15, -0.1) is 0 Å². The fourth-order valence-corrected chi connectivity index (χ4v) is 2.68. The Hall–Kier alpha value is -3.13. The Balaban J connectivity index is 1.64. The lowest BCUT2D eigenvalue weighted by molar-refractivity contribution is -0.128. The molecule has 1 heterocycles. The van der Waals surface area contributed by atoms with Crippen molar-refractivity contribution in [3.63, 3.8) is 0 Å². The van der Waals surface area contributed by atoms with Crippen molar-refractivity contribution >= 4 is 38.7 Å². The van der Waals surface area contributed by atoms with Gasteiger partial charge in [0.05, 0.1) is 0 Å². The van der Waals surface area contributed by atoms with Crippen molar-refractivity contribution in [3.05, 3.63) is 75.1 Å². The first kappa shape index (κ1) is 18.7. The molecule has 8 heteroatoms. The molecule has 0 aliphatic rings. The molecule has 27 heavy (non-hydrogen) atoms. The molecule has 0 radical (unpaired) electrons. The molecular weight excluding hydrogens is 416 g/mol. The fraction of sp³-hybridized carbons (Fsp3) is 0.105. The van der Waals surface area contributed by atoms with Gasteiger partial charge in [-0.2, -0.15) is 0 Å². The summed E-state index contributed by atoms with van der Waals surface area (Å²) in [5.41, 5.74) is 3.80. The van der Waals surface area contributed by atoms with Crippen LogP contribution in [0.2, 0.25) is 0 Å². The second kappa shape index (κ2) is 8.05. The van der Waals surface area contributed by atoms with E-state index in [1.807, 2.05) is 6.07 Å². The van der Waals surface area contributed by atoms with Crippen molar-refractivity contribution < 1.29 is 18.7 Å². The standard InChI is InChI=1S/C19H15BrN2O5/c1-11(26-14-7-4-6-13(20)10-14)17(23)21-22-18(24)15-9-12-5-2-3-8-16(12)27-19(15)25/h2-11H,1H3,(H,21,23)(H,22,24). The minimum absolute atomic E-state index is 0.213. The average Bonchev–Trinajstić information content (AvgIpc) is 2.65. The quantitative estimate of drug-likeness (QED) is 0.489. The second-order valence-electron chi connectivity index (χ2n) is 5.65. The van der Waals surface area contributed by atoms with Crippen LogP contribution in [0.4, 0.5) is 0 Å². The first-order valence-corrected chi connectivity index (χ1v) is 8.78. The van der Waals surface area contributed by atoms with E-state index in [9.17, 15) is 14.4 Å². The lowest BCUT2D eigenvalue weighted by Crippen LogP contribution is -2.48. The predicted molar refractivity (Wildman–Crippen MR) is 102 cm³/mol. The largest absolute Gasteiger partial charge is 0.481 e. The maximum Gasteiger partial charge on any atom is 0.349 e. The molecule has 2 N–H and O–H groups in total. The number of rotatable bonds is 4. The number of hydrogen-bond donors (Lipinski definition) is 2. The van der Waals surface area contributed by atoms with Crippen molar-refractivity contribution in [2.24, 2.45) is 0 Å². The molecule has 2 amide bonds. The molecule has 0 aliphatic heterocycles. The minimum Gasteiger partial charge on any atom is -0.481 e. The van der Waals surface area contributed by atoms with Crippen molar-refractivity contribution in [1.29, 1.82) is 0 Å². The van der Waals surface area contributed by atoms with Gasteiger partial charge in [-0.1, -0.05) is 40.2 Å². The molecular formula is C19H15BrN2O5. The van der Waals surface area contributed by atoms with Crippen molar-refractivity contribution in [2.45, 2.75) is 13.0 Å². The van der Waals surface area contributed by atoms with E-state index in [0.717, 1.165) is 4.47 Å². The number of benzene rings is 2. The van der Waals surface area contributed by atoms with Gasteiger partial charge in [0.2, 0.25) is 0 Å². The number of ether oxygens (including phenoxy) is 1. The van der Waals surface area contributed by atoms with Gasteiger partial charge in [-0.3, -0.25) is 20.4 Å². The predicted octanol–water partition coefficient (Wildman–Crippen LogP) is 2.78. The van der Waals surface area contributed by atoms with Gasteiger partial charge in [0, 0.05) is 9.86 Å². The fourth-order valence-electron chi connectivity index (χ4n) is 2.31. The van der Waals surface area contributed by atoms with Crippen LogP contribution in [-0.4, -0.2) is 17.9 Å². The summed E-state index contributed by atoms with van der Waals surface area (Å²) in [6.07, 6.45) is -0.868. The monoisotopic (exact) mass is 430 g/mol. The molecule has 138 valence electrons. The van der Waals surface area contributed by atoms with Crippen molar-refractivity contribution in [3.8, 4) is 5.75 Å². The second-order valence-corrected chi connectivity index (χ2v) is 6.56. The SMILES string of the molecule is CC(Oc1cccc(Br)c1)C(=O)NNC(=O)c1cc2ccccc2oc1=O. The lowest BCUT2D eigenvalue weighted by atomic mass is 10.2. The highest BCUT2D eigenvalue weighted by Crippen LogP contribution is 2.18. The van der Waals surface area contributed by atoms with Crippen molar-refractivity contribution in [1.82, 2.24) is 10.9 Å². The molecule has 3 aromatic rings. The molecule has 1 aromatic heterocycles. The normalized spacial score (nSPS) is 11.6. The van der Waals surface area contributed by atoms with E-state index in [1.54, 1.807) is 42.5 Å². The number of halogens is 1. The Morgan fingerprint density at radius 1 is 1.07 bits per heavy atom. The van der Waals surface area contributed by atoms with Crippen LogP contribution in [0.1, 0.15) is 17.3 Å². The number of carbonyl (C=O) groups excluding carboxylic acids is 2. The van der Waals surface area contributed by atoms with Crippen LogP contribution >= 0.6 is 15.9 Å². The molecule has 1 unspecified atom stereocenters. The summed E-state index contributed by atoms with van der Waals surface area (Å²) in [6.45, 7) is 1.53. The third kappa shape index (κ3) is 4.53. The third-order valence-corrected chi connectivity index (χ3v) is 4.16. The van der Waals surface area contributed by atoms with E-state index in [1.165, 1.54) is 13.0 Å². The summed E-state index contributed by atoms with van der Waals surface area (Å²) >= 11 is 3.31. The van der Waals surface area contributed by atoms with E-state index in [4.69, 9.17) is 9.15 Å². The van der Waals surface area contributed by atoms with E-state index in [2.05, 4.69) is 26.8 Å². The molecule has 1 atom stereocenters. The number of nitrogens with one attached hydrogen (secondary N) is 2. The summed E-state index contributed by atoms with van der Waals surface area (Å²) in [5, 5.41) is 0.597. The Morgan fingerprint density at radius 2 is 1.85 bits per heavy atom.